The number of carbonyl (C=O) groups is 1. The number of hydrogen-bond donors (Lipinski definition) is 3. The molecule has 5 heteroatoms. The van der Waals surface area contributed by atoms with Gasteiger partial charge in [0, 0.05) is 0 Å². The second-order valence-electron chi connectivity index (χ2n) is 2.82. The number of nitrogens with two attached hydrogens (primary N) is 1. The Morgan fingerprint density at radius 1 is 1.36 bits per heavy atom. The molecule has 0 saturated heterocycles. The first-order valence-corrected chi connectivity index (χ1v) is 3.86. The van der Waals surface area contributed by atoms with E-state index in [-0.39, 0.29) is 31.0 Å². The summed E-state index contributed by atoms with van der Waals surface area (Å²) in [6.45, 7) is 0. The molecule has 1 aromatic carbocycles. The van der Waals surface area contributed by atoms with Crippen molar-refractivity contribution in [1.29, 1.82) is 0 Å². The van der Waals surface area contributed by atoms with Crippen molar-refractivity contribution < 1.29 is 15.0 Å². The molecule has 0 heterocycles. The van der Waals surface area contributed by atoms with Crippen molar-refractivity contribution in [3.63, 3.8) is 0 Å². The molecule has 14 heavy (non-hydrogen) atoms. The molecule has 0 aromatic heterocycles. The molecular formula is C9H12LiNO3. The van der Waals surface area contributed by atoms with Crippen molar-refractivity contribution in [2.45, 2.75) is 12.5 Å². The Kier molecular flexibility index (Phi) is 5.32. The van der Waals surface area contributed by atoms with Gasteiger partial charge in [-0.05, 0) is 24.1 Å². The molecule has 4 nitrogen and oxygen atoms in total. The molecular weight excluding hydrogens is 177 g/mol. The summed E-state index contributed by atoms with van der Waals surface area (Å²) in [4.78, 5) is 10.4. The van der Waals surface area contributed by atoms with E-state index in [1.54, 1.807) is 12.1 Å². The molecule has 0 radical (unpaired) electrons. The minimum absolute atomic E-state index is 0. The van der Waals surface area contributed by atoms with Crippen LogP contribution in [0.25, 0.3) is 0 Å². The Morgan fingerprint density at radius 3 is 2.29 bits per heavy atom. The predicted octanol–water partition coefficient (Wildman–Crippen LogP) is -0.302. The molecule has 72 valence electrons. The molecule has 0 saturated carbocycles. The van der Waals surface area contributed by atoms with Crippen molar-refractivity contribution in [2.24, 2.45) is 5.73 Å². The van der Waals surface area contributed by atoms with E-state index in [1.165, 1.54) is 12.1 Å². The Labute approximate surface area is 93.9 Å². The summed E-state index contributed by atoms with van der Waals surface area (Å²) in [5.74, 6) is -0.860. The fraction of sp³-hybridized carbons (Fsp3) is 0.222. The number of carboxylic acid groups (broad SMARTS) is 1. The summed E-state index contributed by atoms with van der Waals surface area (Å²) < 4.78 is 0. The van der Waals surface area contributed by atoms with Crippen molar-refractivity contribution in [3.05, 3.63) is 29.8 Å². The van der Waals surface area contributed by atoms with E-state index in [2.05, 4.69) is 0 Å². The number of aromatic hydroxyl groups is 1. The summed E-state index contributed by atoms with van der Waals surface area (Å²) in [7, 11) is 0. The molecule has 0 aliphatic rings. The molecule has 0 fully saturated rings. The molecule has 1 unspecified atom stereocenters. The number of phenolic OH excluding ortho intramolecular Hbond substituents is 1. The molecule has 4 N–H and O–H groups in total. The molecule has 1 rings (SSSR count). The van der Waals surface area contributed by atoms with E-state index in [4.69, 9.17) is 15.9 Å². The average Bonchev–Trinajstić information content (AvgIpc) is 2.08. The van der Waals surface area contributed by atoms with Gasteiger partial charge in [0.15, 0.2) is 0 Å². The number of phenols is 1. The van der Waals surface area contributed by atoms with E-state index in [0.29, 0.717) is 0 Å². The van der Waals surface area contributed by atoms with Gasteiger partial charge < -0.3 is 15.9 Å². The van der Waals surface area contributed by atoms with E-state index in [9.17, 15) is 4.79 Å². The van der Waals surface area contributed by atoms with Crippen LogP contribution in [0.4, 0.5) is 0 Å². The topological polar surface area (TPSA) is 83.5 Å². The van der Waals surface area contributed by atoms with Gasteiger partial charge in [-0.25, -0.2) is 0 Å². The average molecular weight is 189 g/mol. The van der Waals surface area contributed by atoms with Crippen LogP contribution in [0.2, 0.25) is 0 Å². The first-order valence-electron chi connectivity index (χ1n) is 3.86. The Hall–Kier alpha value is -0.953. The van der Waals surface area contributed by atoms with Crippen LogP contribution in [-0.2, 0) is 11.2 Å². The molecule has 0 aliphatic carbocycles. The number of benzene rings is 1. The first kappa shape index (κ1) is 13.0. The SMILES string of the molecule is NC(Cc1ccc(O)cc1)C(=O)O.[LiH]. The minimum atomic E-state index is -1.02. The zero-order chi connectivity index (χ0) is 9.84. The Balaban J connectivity index is 0.00000169. The monoisotopic (exact) mass is 189 g/mol. The zero-order valence-electron chi connectivity index (χ0n) is 6.97. The number of aliphatic carboxylic acids is 1. The molecule has 0 aliphatic heterocycles. The van der Waals surface area contributed by atoms with Crippen molar-refractivity contribution in [2.75, 3.05) is 0 Å². The van der Waals surface area contributed by atoms with Crippen molar-refractivity contribution in [1.82, 2.24) is 0 Å². The van der Waals surface area contributed by atoms with Crippen LogP contribution in [0, 0.1) is 0 Å². The van der Waals surface area contributed by atoms with Crippen molar-refractivity contribution in [3.8, 4) is 5.75 Å². The van der Waals surface area contributed by atoms with Crippen LogP contribution >= 0.6 is 0 Å². The van der Waals surface area contributed by atoms with Gasteiger partial charge in [0.2, 0.25) is 0 Å². The Bertz CT molecular complexity index is 299. The summed E-state index contributed by atoms with van der Waals surface area (Å²) in [6.07, 6.45) is 0.273. The van der Waals surface area contributed by atoms with Gasteiger partial charge >= 0.3 is 24.8 Å². The van der Waals surface area contributed by atoms with Crippen molar-refractivity contribution >= 4 is 24.8 Å². The fourth-order valence-electron chi connectivity index (χ4n) is 0.973. The van der Waals surface area contributed by atoms with E-state index < -0.39 is 12.0 Å². The molecule has 0 spiro atoms. The number of rotatable bonds is 3. The van der Waals surface area contributed by atoms with E-state index in [0.717, 1.165) is 5.56 Å². The molecule has 1 atom stereocenters. The third-order valence-corrected chi connectivity index (χ3v) is 1.71. The van der Waals surface area contributed by atoms with Gasteiger partial charge in [-0.3, -0.25) is 4.79 Å². The van der Waals surface area contributed by atoms with Gasteiger partial charge in [-0.1, -0.05) is 12.1 Å². The van der Waals surface area contributed by atoms with Crippen LogP contribution in [0.3, 0.4) is 0 Å². The number of hydrogen-bond acceptors (Lipinski definition) is 3. The first-order chi connectivity index (χ1) is 6.09. The summed E-state index contributed by atoms with van der Waals surface area (Å²) in [5.41, 5.74) is 6.12. The van der Waals surface area contributed by atoms with Gasteiger partial charge in [0.25, 0.3) is 0 Å². The normalized spacial score (nSPS) is 11.5. The molecule has 1 aromatic rings. The van der Waals surface area contributed by atoms with E-state index in [1.807, 2.05) is 0 Å². The third kappa shape index (κ3) is 3.84. The standard InChI is InChI=1S/C9H11NO3.Li.H/c10-8(9(12)13)5-6-1-3-7(11)4-2-6;;/h1-4,8,11H,5,10H2,(H,12,13);;. The van der Waals surface area contributed by atoms with Crippen LogP contribution < -0.4 is 5.73 Å². The van der Waals surface area contributed by atoms with Gasteiger partial charge in [0.05, 0.1) is 0 Å². The second kappa shape index (κ2) is 5.71. The summed E-state index contributed by atoms with van der Waals surface area (Å²) >= 11 is 0. The maximum atomic E-state index is 10.4. The number of carboxylic acids is 1. The molecule has 0 amide bonds. The second-order valence-corrected chi connectivity index (χ2v) is 2.82. The van der Waals surface area contributed by atoms with Gasteiger partial charge in [-0.2, -0.15) is 0 Å². The summed E-state index contributed by atoms with van der Waals surface area (Å²) in [5, 5.41) is 17.5. The Morgan fingerprint density at radius 2 is 1.86 bits per heavy atom. The van der Waals surface area contributed by atoms with Crippen LogP contribution in [0.5, 0.6) is 5.75 Å². The maximum absolute atomic E-state index is 10.4. The van der Waals surface area contributed by atoms with Crippen LogP contribution in [0.1, 0.15) is 5.56 Å². The zero-order valence-corrected chi connectivity index (χ0v) is 6.97. The summed E-state index contributed by atoms with van der Waals surface area (Å²) in [6, 6.07) is 5.42. The van der Waals surface area contributed by atoms with Gasteiger partial charge in [0.1, 0.15) is 11.8 Å². The molecule has 0 bridgehead atoms. The quantitative estimate of drug-likeness (QED) is 0.570. The third-order valence-electron chi connectivity index (χ3n) is 1.71. The van der Waals surface area contributed by atoms with Crippen LogP contribution in [-0.4, -0.2) is 41.1 Å². The van der Waals surface area contributed by atoms with Crippen LogP contribution in [0.15, 0.2) is 24.3 Å². The predicted molar refractivity (Wildman–Crippen MR) is 54.6 cm³/mol. The fourth-order valence-corrected chi connectivity index (χ4v) is 0.973. The van der Waals surface area contributed by atoms with Gasteiger partial charge in [-0.15, -0.1) is 0 Å². The van der Waals surface area contributed by atoms with E-state index >= 15 is 0 Å².